The smallest absolute Gasteiger partial charge is 0.138 e. The van der Waals surface area contributed by atoms with Crippen LogP contribution < -0.4 is 5.32 Å². The molecule has 0 saturated carbocycles. The van der Waals surface area contributed by atoms with Crippen molar-refractivity contribution >= 4 is 34.8 Å². The summed E-state index contributed by atoms with van der Waals surface area (Å²) < 4.78 is 0. The highest BCUT2D eigenvalue weighted by molar-refractivity contribution is 6.35. The van der Waals surface area contributed by atoms with E-state index in [0.29, 0.717) is 17.1 Å². The van der Waals surface area contributed by atoms with Crippen LogP contribution in [0.15, 0.2) is 36.4 Å². The van der Waals surface area contributed by atoms with Gasteiger partial charge in [0.25, 0.3) is 0 Å². The van der Waals surface area contributed by atoms with Crippen LogP contribution >= 0.6 is 34.8 Å². The molecule has 0 aliphatic rings. The highest BCUT2D eigenvalue weighted by Gasteiger charge is 2.10. The summed E-state index contributed by atoms with van der Waals surface area (Å²) in [6.07, 6.45) is 0.800. The number of phenols is 1. The number of benzene rings is 2. The zero-order chi connectivity index (χ0) is 15.4. The van der Waals surface area contributed by atoms with Crippen molar-refractivity contribution in [3.63, 3.8) is 0 Å². The highest BCUT2D eigenvalue weighted by Crippen LogP contribution is 2.31. The lowest BCUT2D eigenvalue weighted by atomic mass is 10.1. The van der Waals surface area contributed by atoms with Gasteiger partial charge in [-0.25, -0.2) is 0 Å². The minimum absolute atomic E-state index is 0.0681. The van der Waals surface area contributed by atoms with E-state index in [9.17, 15) is 5.11 Å². The van der Waals surface area contributed by atoms with E-state index in [1.165, 1.54) is 6.07 Å². The van der Waals surface area contributed by atoms with Gasteiger partial charge in [0.1, 0.15) is 5.75 Å². The molecular formula is C16H16Cl3NO. The fourth-order valence-electron chi connectivity index (χ4n) is 2.10. The van der Waals surface area contributed by atoms with Gasteiger partial charge in [0.15, 0.2) is 0 Å². The first-order valence-electron chi connectivity index (χ1n) is 6.61. The van der Waals surface area contributed by atoms with Crippen LogP contribution in [-0.4, -0.2) is 11.1 Å². The van der Waals surface area contributed by atoms with Gasteiger partial charge in [-0.05, 0) is 37.1 Å². The molecule has 0 amide bonds. The lowest BCUT2D eigenvalue weighted by Gasteiger charge is -2.16. The maximum absolute atomic E-state index is 9.92. The molecule has 0 fully saturated rings. The normalized spacial score (nSPS) is 12.4. The van der Waals surface area contributed by atoms with E-state index in [2.05, 4.69) is 12.2 Å². The van der Waals surface area contributed by atoms with E-state index in [1.54, 1.807) is 6.07 Å². The molecule has 2 aromatic rings. The summed E-state index contributed by atoms with van der Waals surface area (Å²) in [6, 6.07) is 11.2. The molecule has 0 bridgehead atoms. The summed E-state index contributed by atoms with van der Waals surface area (Å²) in [7, 11) is 0. The van der Waals surface area contributed by atoms with Gasteiger partial charge in [0.05, 0.1) is 5.02 Å². The van der Waals surface area contributed by atoms with Crippen molar-refractivity contribution in [2.45, 2.75) is 25.9 Å². The van der Waals surface area contributed by atoms with Crippen LogP contribution in [0.3, 0.4) is 0 Å². The largest absolute Gasteiger partial charge is 0.506 e. The predicted molar refractivity (Wildman–Crippen MR) is 89.6 cm³/mol. The number of phenolic OH excluding ortho intramolecular Hbond substituents is 1. The highest BCUT2D eigenvalue weighted by atomic mass is 35.5. The van der Waals surface area contributed by atoms with E-state index in [-0.39, 0.29) is 16.8 Å². The molecule has 0 spiro atoms. The maximum atomic E-state index is 9.92. The first-order valence-corrected chi connectivity index (χ1v) is 7.74. The molecule has 2 aromatic carbocycles. The van der Waals surface area contributed by atoms with Gasteiger partial charge >= 0.3 is 0 Å². The SMILES string of the molecule is CC(Cc1ccccc1Cl)NCc1cc(Cl)cc(Cl)c1O. The monoisotopic (exact) mass is 343 g/mol. The summed E-state index contributed by atoms with van der Waals surface area (Å²) in [4.78, 5) is 0. The second-order valence-electron chi connectivity index (χ2n) is 4.97. The summed E-state index contributed by atoms with van der Waals surface area (Å²) in [5.74, 6) is 0.0681. The lowest BCUT2D eigenvalue weighted by Crippen LogP contribution is -2.27. The Morgan fingerprint density at radius 2 is 1.76 bits per heavy atom. The molecule has 2 N–H and O–H groups in total. The molecular weight excluding hydrogens is 329 g/mol. The fraction of sp³-hybridized carbons (Fsp3) is 0.250. The van der Waals surface area contributed by atoms with Crippen LogP contribution in [0.25, 0.3) is 0 Å². The Bertz CT molecular complexity index is 631. The Labute approximate surface area is 139 Å². The number of hydrogen-bond acceptors (Lipinski definition) is 2. The van der Waals surface area contributed by atoms with Crippen LogP contribution in [0, 0.1) is 0 Å². The van der Waals surface area contributed by atoms with Gasteiger partial charge in [0, 0.05) is 28.2 Å². The standard InChI is InChI=1S/C16H16Cl3NO/c1-10(6-11-4-2-3-5-14(11)18)20-9-12-7-13(17)8-15(19)16(12)21/h2-5,7-8,10,20-21H,6,9H2,1H3. The average molecular weight is 345 g/mol. The van der Waals surface area contributed by atoms with Crippen molar-refractivity contribution < 1.29 is 5.11 Å². The summed E-state index contributed by atoms with van der Waals surface area (Å²) in [6.45, 7) is 2.55. The van der Waals surface area contributed by atoms with Crippen molar-refractivity contribution in [3.05, 3.63) is 62.6 Å². The van der Waals surface area contributed by atoms with Gasteiger partial charge in [-0.1, -0.05) is 53.0 Å². The molecule has 21 heavy (non-hydrogen) atoms. The Hall–Kier alpha value is -0.930. The van der Waals surface area contributed by atoms with Crippen LogP contribution in [0.4, 0.5) is 0 Å². The number of nitrogens with one attached hydrogen (secondary N) is 1. The quantitative estimate of drug-likeness (QED) is 0.793. The molecule has 0 aliphatic carbocycles. The third-order valence-electron chi connectivity index (χ3n) is 3.23. The zero-order valence-corrected chi connectivity index (χ0v) is 13.8. The Morgan fingerprint density at radius 1 is 1.05 bits per heavy atom. The Morgan fingerprint density at radius 3 is 2.48 bits per heavy atom. The van der Waals surface area contributed by atoms with Crippen molar-refractivity contribution in [2.75, 3.05) is 0 Å². The number of halogens is 3. The van der Waals surface area contributed by atoms with E-state index in [1.807, 2.05) is 24.3 Å². The van der Waals surface area contributed by atoms with Gasteiger partial charge in [-0.15, -0.1) is 0 Å². The molecule has 2 rings (SSSR count). The minimum atomic E-state index is 0.0681. The molecule has 1 unspecified atom stereocenters. The molecule has 112 valence electrons. The zero-order valence-electron chi connectivity index (χ0n) is 11.5. The third-order valence-corrected chi connectivity index (χ3v) is 4.11. The number of aromatic hydroxyl groups is 1. The molecule has 0 aromatic heterocycles. The Balaban J connectivity index is 1.99. The third kappa shape index (κ3) is 4.52. The second-order valence-corrected chi connectivity index (χ2v) is 6.22. The maximum Gasteiger partial charge on any atom is 0.138 e. The predicted octanol–water partition coefficient (Wildman–Crippen LogP) is 5.07. The van der Waals surface area contributed by atoms with Gasteiger partial charge in [0.2, 0.25) is 0 Å². The van der Waals surface area contributed by atoms with Crippen molar-refractivity contribution in [3.8, 4) is 5.75 Å². The molecule has 2 nitrogen and oxygen atoms in total. The molecule has 0 radical (unpaired) electrons. The van der Waals surface area contributed by atoms with E-state index in [4.69, 9.17) is 34.8 Å². The van der Waals surface area contributed by atoms with Crippen LogP contribution in [0.5, 0.6) is 5.75 Å². The van der Waals surface area contributed by atoms with Crippen molar-refractivity contribution in [1.82, 2.24) is 5.32 Å². The van der Waals surface area contributed by atoms with E-state index in [0.717, 1.165) is 17.0 Å². The van der Waals surface area contributed by atoms with Crippen LogP contribution in [0.2, 0.25) is 15.1 Å². The number of hydrogen-bond donors (Lipinski definition) is 2. The first-order chi connectivity index (χ1) is 9.97. The summed E-state index contributed by atoms with van der Waals surface area (Å²) in [5, 5.41) is 14.8. The van der Waals surface area contributed by atoms with Gasteiger partial charge in [-0.2, -0.15) is 0 Å². The van der Waals surface area contributed by atoms with Gasteiger partial charge < -0.3 is 10.4 Å². The first kappa shape index (κ1) is 16.4. The number of rotatable bonds is 5. The van der Waals surface area contributed by atoms with Crippen LogP contribution in [-0.2, 0) is 13.0 Å². The fourth-order valence-corrected chi connectivity index (χ4v) is 2.85. The lowest BCUT2D eigenvalue weighted by molar-refractivity contribution is 0.459. The molecule has 5 heteroatoms. The molecule has 1 atom stereocenters. The van der Waals surface area contributed by atoms with Crippen molar-refractivity contribution in [2.24, 2.45) is 0 Å². The Kier molecular flexibility index (Phi) is 5.77. The average Bonchev–Trinajstić information content (AvgIpc) is 2.44. The van der Waals surface area contributed by atoms with Crippen LogP contribution in [0.1, 0.15) is 18.1 Å². The molecule has 0 aliphatic heterocycles. The summed E-state index contributed by atoms with van der Waals surface area (Å²) in [5.41, 5.74) is 1.77. The second kappa shape index (κ2) is 7.37. The summed E-state index contributed by atoms with van der Waals surface area (Å²) >= 11 is 18.0. The van der Waals surface area contributed by atoms with E-state index < -0.39 is 0 Å². The minimum Gasteiger partial charge on any atom is -0.506 e. The van der Waals surface area contributed by atoms with Gasteiger partial charge in [-0.3, -0.25) is 0 Å². The molecule has 0 heterocycles. The van der Waals surface area contributed by atoms with E-state index >= 15 is 0 Å². The topological polar surface area (TPSA) is 32.3 Å². The molecule has 0 saturated heterocycles. The van der Waals surface area contributed by atoms with Crippen molar-refractivity contribution in [1.29, 1.82) is 0 Å².